The zero-order valence-corrected chi connectivity index (χ0v) is 18.9. The number of benzene rings is 2. The molecule has 4 rings (SSSR count). The van der Waals surface area contributed by atoms with Crippen LogP contribution >= 0.6 is 12.2 Å². The molecule has 0 saturated carbocycles. The highest BCUT2D eigenvalue weighted by molar-refractivity contribution is 7.80. The Bertz CT molecular complexity index is 1110. The first-order valence-electron chi connectivity index (χ1n) is 10.8. The molecule has 0 unspecified atom stereocenters. The number of rotatable bonds is 6. The fourth-order valence-corrected chi connectivity index (χ4v) is 4.42. The average Bonchev–Trinajstić information content (AvgIpc) is 3.28. The number of pyridine rings is 1. The lowest BCUT2D eigenvalue weighted by molar-refractivity contribution is 0.0895. The van der Waals surface area contributed by atoms with Gasteiger partial charge in [0, 0.05) is 18.7 Å². The summed E-state index contributed by atoms with van der Waals surface area (Å²) in [4.78, 5) is 18.0. The molecule has 1 saturated heterocycles. The number of hydrogen-bond donors (Lipinski definition) is 2. The molecule has 1 aliphatic rings. The van der Waals surface area contributed by atoms with Crippen LogP contribution in [0.4, 0.5) is 0 Å². The molecule has 2 N–H and O–H groups in total. The SMILES string of the molecule is Cc1cccc2cc(CN(C[C@H]3CCCO3)C(=S)N[C@@H](C)c3ccccc3)c(=O)[nH]c12. The highest BCUT2D eigenvalue weighted by atomic mass is 32.1. The minimum absolute atomic E-state index is 0.0678. The van der Waals surface area contributed by atoms with Gasteiger partial charge >= 0.3 is 0 Å². The Morgan fingerprint density at radius 3 is 2.81 bits per heavy atom. The van der Waals surface area contributed by atoms with Crippen molar-refractivity contribution in [1.82, 2.24) is 15.2 Å². The maximum absolute atomic E-state index is 12.8. The summed E-state index contributed by atoms with van der Waals surface area (Å²) in [5, 5.41) is 5.11. The van der Waals surface area contributed by atoms with Crippen LogP contribution in [0.1, 0.15) is 42.5 Å². The molecule has 2 aromatic carbocycles. The van der Waals surface area contributed by atoms with Gasteiger partial charge in [0.1, 0.15) is 0 Å². The molecule has 31 heavy (non-hydrogen) atoms. The van der Waals surface area contributed by atoms with Crippen molar-refractivity contribution in [3.63, 3.8) is 0 Å². The number of hydrogen-bond acceptors (Lipinski definition) is 3. The van der Waals surface area contributed by atoms with Gasteiger partial charge in [-0.05, 0) is 61.5 Å². The molecule has 2 heterocycles. The van der Waals surface area contributed by atoms with E-state index in [0.29, 0.717) is 23.8 Å². The molecule has 0 spiro atoms. The zero-order valence-electron chi connectivity index (χ0n) is 18.1. The van der Waals surface area contributed by atoms with Crippen molar-refractivity contribution >= 4 is 28.2 Å². The first-order valence-corrected chi connectivity index (χ1v) is 11.3. The summed E-state index contributed by atoms with van der Waals surface area (Å²) in [5.41, 5.74) is 3.75. The quantitative estimate of drug-likeness (QED) is 0.560. The van der Waals surface area contributed by atoms with E-state index in [0.717, 1.165) is 35.9 Å². The lowest BCUT2D eigenvalue weighted by Crippen LogP contribution is -2.44. The van der Waals surface area contributed by atoms with Crippen LogP contribution in [-0.4, -0.2) is 34.3 Å². The molecule has 1 aliphatic heterocycles. The first kappa shape index (κ1) is 21.5. The summed E-state index contributed by atoms with van der Waals surface area (Å²) in [6, 6.07) is 18.3. The lowest BCUT2D eigenvalue weighted by Gasteiger charge is -2.30. The number of fused-ring (bicyclic) bond motifs is 1. The van der Waals surface area contributed by atoms with Crippen LogP contribution in [0.25, 0.3) is 10.9 Å². The Hall–Kier alpha value is -2.70. The third-order valence-electron chi connectivity index (χ3n) is 5.90. The van der Waals surface area contributed by atoms with E-state index < -0.39 is 0 Å². The number of aryl methyl sites for hydroxylation is 1. The van der Waals surface area contributed by atoms with E-state index in [9.17, 15) is 4.79 Å². The number of H-pyrrole nitrogens is 1. The fourth-order valence-electron chi connectivity index (χ4n) is 4.11. The lowest BCUT2D eigenvalue weighted by atomic mass is 10.1. The van der Waals surface area contributed by atoms with Crippen LogP contribution < -0.4 is 10.9 Å². The smallest absolute Gasteiger partial charge is 0.253 e. The van der Waals surface area contributed by atoms with E-state index in [1.54, 1.807) is 0 Å². The van der Waals surface area contributed by atoms with Gasteiger partial charge in [-0.3, -0.25) is 4.79 Å². The molecule has 1 fully saturated rings. The summed E-state index contributed by atoms with van der Waals surface area (Å²) >= 11 is 5.79. The number of nitrogens with one attached hydrogen (secondary N) is 2. The van der Waals surface area contributed by atoms with Gasteiger partial charge in [0.25, 0.3) is 5.56 Å². The molecule has 1 aromatic heterocycles. The summed E-state index contributed by atoms with van der Waals surface area (Å²) in [7, 11) is 0. The Balaban J connectivity index is 1.57. The molecule has 5 nitrogen and oxygen atoms in total. The van der Waals surface area contributed by atoms with Crippen molar-refractivity contribution in [2.45, 2.75) is 45.4 Å². The van der Waals surface area contributed by atoms with E-state index in [-0.39, 0.29) is 17.7 Å². The molecular formula is C25H29N3O2S. The molecule has 0 amide bonds. The molecule has 3 aromatic rings. The Labute approximate surface area is 188 Å². The maximum Gasteiger partial charge on any atom is 0.253 e. The number of thiocarbonyl (C=S) groups is 1. The maximum atomic E-state index is 12.8. The van der Waals surface area contributed by atoms with Crippen molar-refractivity contribution in [2.24, 2.45) is 0 Å². The van der Waals surface area contributed by atoms with Crippen LogP contribution in [0.15, 0.2) is 59.4 Å². The average molecular weight is 436 g/mol. The third-order valence-corrected chi connectivity index (χ3v) is 6.28. The molecule has 0 aliphatic carbocycles. The second-order valence-electron chi connectivity index (χ2n) is 8.26. The molecule has 0 bridgehead atoms. The molecule has 0 radical (unpaired) electrons. The number of aromatic amines is 1. The van der Waals surface area contributed by atoms with Crippen LogP contribution in [0.3, 0.4) is 0 Å². The van der Waals surface area contributed by atoms with Crippen LogP contribution in [0.5, 0.6) is 0 Å². The largest absolute Gasteiger partial charge is 0.376 e. The predicted octanol–water partition coefficient (Wildman–Crippen LogP) is 4.45. The molecular weight excluding hydrogens is 406 g/mol. The number of ether oxygens (including phenoxy) is 1. The summed E-state index contributed by atoms with van der Waals surface area (Å²) in [6.07, 6.45) is 2.21. The summed E-state index contributed by atoms with van der Waals surface area (Å²) < 4.78 is 5.86. The van der Waals surface area contributed by atoms with Gasteiger partial charge in [0.2, 0.25) is 0 Å². The monoisotopic (exact) mass is 435 g/mol. The van der Waals surface area contributed by atoms with E-state index >= 15 is 0 Å². The van der Waals surface area contributed by atoms with Gasteiger partial charge in [-0.1, -0.05) is 48.5 Å². The van der Waals surface area contributed by atoms with E-state index in [1.165, 1.54) is 5.56 Å². The topological polar surface area (TPSA) is 57.4 Å². The van der Waals surface area contributed by atoms with E-state index in [2.05, 4.69) is 34.3 Å². The van der Waals surface area contributed by atoms with Gasteiger partial charge in [-0.25, -0.2) is 0 Å². The van der Waals surface area contributed by atoms with Crippen LogP contribution in [0, 0.1) is 6.92 Å². The molecule has 6 heteroatoms. The normalized spacial score (nSPS) is 16.9. The van der Waals surface area contributed by atoms with Crippen molar-refractivity contribution < 1.29 is 4.74 Å². The Morgan fingerprint density at radius 2 is 2.06 bits per heavy atom. The molecule has 2 atom stereocenters. The Morgan fingerprint density at radius 1 is 1.26 bits per heavy atom. The van der Waals surface area contributed by atoms with Gasteiger partial charge in [0.15, 0.2) is 5.11 Å². The highest BCUT2D eigenvalue weighted by Gasteiger charge is 2.23. The van der Waals surface area contributed by atoms with Crippen molar-refractivity contribution in [3.05, 3.63) is 81.6 Å². The fraction of sp³-hybridized carbons (Fsp3) is 0.360. The summed E-state index contributed by atoms with van der Waals surface area (Å²) in [5.74, 6) is 0. The summed E-state index contributed by atoms with van der Waals surface area (Å²) in [6.45, 7) is 5.99. The number of nitrogens with zero attached hydrogens (tertiary/aromatic N) is 1. The van der Waals surface area contributed by atoms with E-state index in [4.69, 9.17) is 17.0 Å². The second kappa shape index (κ2) is 9.62. The minimum Gasteiger partial charge on any atom is -0.376 e. The Kier molecular flexibility index (Phi) is 6.68. The van der Waals surface area contributed by atoms with Gasteiger partial charge < -0.3 is 19.9 Å². The second-order valence-corrected chi connectivity index (χ2v) is 8.65. The number of para-hydroxylation sites is 1. The third kappa shape index (κ3) is 5.14. The van der Waals surface area contributed by atoms with Crippen LogP contribution in [0.2, 0.25) is 0 Å². The van der Waals surface area contributed by atoms with Crippen molar-refractivity contribution in [2.75, 3.05) is 13.2 Å². The first-order chi connectivity index (χ1) is 15.0. The van der Waals surface area contributed by atoms with Crippen LogP contribution in [-0.2, 0) is 11.3 Å². The van der Waals surface area contributed by atoms with E-state index in [1.807, 2.05) is 49.4 Å². The van der Waals surface area contributed by atoms with Gasteiger partial charge in [-0.15, -0.1) is 0 Å². The van der Waals surface area contributed by atoms with Crippen molar-refractivity contribution in [3.8, 4) is 0 Å². The number of aromatic nitrogens is 1. The highest BCUT2D eigenvalue weighted by Crippen LogP contribution is 2.19. The van der Waals surface area contributed by atoms with Gasteiger partial charge in [-0.2, -0.15) is 0 Å². The van der Waals surface area contributed by atoms with Gasteiger partial charge in [0.05, 0.1) is 24.2 Å². The standard InChI is InChI=1S/C25H29N3O2S/c1-17-8-6-11-20-14-21(24(29)27-23(17)20)15-28(16-22-12-7-13-30-22)25(31)26-18(2)19-9-4-3-5-10-19/h3-6,8-11,14,18,22H,7,12-13,15-16H2,1-2H3,(H,26,31)(H,27,29)/t18-,22+/m0/s1. The van der Waals surface area contributed by atoms with Crippen molar-refractivity contribution in [1.29, 1.82) is 0 Å². The zero-order chi connectivity index (χ0) is 21.8. The molecule has 162 valence electrons. The predicted molar refractivity (Wildman–Crippen MR) is 129 cm³/mol. The minimum atomic E-state index is -0.0713.